The number of aromatic nitrogens is 1. The molecule has 0 aliphatic carbocycles. The standard InChI is InChI=1S/C17H23N3O2S/c1-4-15(18-5-2)23-14-6-7-19-17-16(14)22-11-13-8-12(10-21-3)9-20(13)17/h4-7,12-13H,8-11H2,1-3H3/b15-4+,18-5-. The number of methoxy groups -OCH3 is 1. The molecule has 1 fully saturated rings. The van der Waals surface area contributed by atoms with Gasteiger partial charge in [0.05, 0.1) is 22.6 Å². The Bertz CT molecular complexity index is 618. The summed E-state index contributed by atoms with van der Waals surface area (Å²) >= 11 is 1.62. The molecule has 6 heteroatoms. The van der Waals surface area contributed by atoms with Crippen LogP contribution in [0.5, 0.6) is 5.75 Å². The summed E-state index contributed by atoms with van der Waals surface area (Å²) in [5, 5.41) is 0.963. The number of ether oxygens (including phenoxy) is 2. The summed E-state index contributed by atoms with van der Waals surface area (Å²) in [5.41, 5.74) is 0. The third kappa shape index (κ3) is 3.38. The van der Waals surface area contributed by atoms with E-state index in [9.17, 15) is 0 Å². The number of aliphatic imine (C=N–C) groups is 1. The van der Waals surface area contributed by atoms with Crippen LogP contribution >= 0.6 is 11.8 Å². The number of rotatable bonds is 5. The molecule has 5 nitrogen and oxygen atoms in total. The SMILES string of the molecule is C/C=N\C(=C/C)Sc1ccnc2c1OCC1CC(COC)CN21. The fourth-order valence-corrected chi connectivity index (χ4v) is 4.08. The van der Waals surface area contributed by atoms with Crippen molar-refractivity contribution in [2.45, 2.75) is 31.2 Å². The number of thioether (sulfide) groups is 1. The van der Waals surface area contributed by atoms with Crippen molar-refractivity contribution in [3.05, 3.63) is 23.4 Å². The average molecular weight is 333 g/mol. The predicted molar refractivity (Wildman–Crippen MR) is 94.6 cm³/mol. The second kappa shape index (κ2) is 7.36. The van der Waals surface area contributed by atoms with Crippen LogP contribution in [0.25, 0.3) is 0 Å². The van der Waals surface area contributed by atoms with Crippen molar-refractivity contribution in [1.29, 1.82) is 0 Å². The summed E-state index contributed by atoms with van der Waals surface area (Å²) in [6, 6.07) is 2.41. The first-order valence-electron chi connectivity index (χ1n) is 7.97. The largest absolute Gasteiger partial charge is 0.486 e. The van der Waals surface area contributed by atoms with E-state index < -0.39 is 0 Å². The molecule has 2 unspecified atom stereocenters. The van der Waals surface area contributed by atoms with Crippen LogP contribution in [0.4, 0.5) is 5.82 Å². The maximum Gasteiger partial charge on any atom is 0.175 e. The number of allylic oxidation sites excluding steroid dienone is 1. The van der Waals surface area contributed by atoms with E-state index >= 15 is 0 Å². The van der Waals surface area contributed by atoms with Crippen LogP contribution in [0.2, 0.25) is 0 Å². The quantitative estimate of drug-likeness (QED) is 0.611. The minimum atomic E-state index is 0.408. The molecule has 124 valence electrons. The van der Waals surface area contributed by atoms with Gasteiger partial charge in [-0.15, -0.1) is 0 Å². The van der Waals surface area contributed by atoms with Gasteiger partial charge < -0.3 is 14.4 Å². The summed E-state index contributed by atoms with van der Waals surface area (Å²) < 4.78 is 11.4. The lowest BCUT2D eigenvalue weighted by molar-refractivity contribution is 0.157. The van der Waals surface area contributed by atoms with Crippen molar-refractivity contribution >= 4 is 23.8 Å². The molecule has 0 bridgehead atoms. The number of anilines is 1. The maximum atomic E-state index is 6.07. The highest BCUT2D eigenvalue weighted by atomic mass is 32.2. The molecule has 23 heavy (non-hydrogen) atoms. The van der Waals surface area contributed by atoms with Crippen LogP contribution < -0.4 is 9.64 Å². The Morgan fingerprint density at radius 1 is 1.57 bits per heavy atom. The number of nitrogens with zero attached hydrogens (tertiary/aromatic N) is 3. The van der Waals surface area contributed by atoms with Gasteiger partial charge in [-0.05, 0) is 26.3 Å². The zero-order valence-electron chi connectivity index (χ0n) is 13.9. The molecule has 0 aromatic carbocycles. The molecule has 0 spiro atoms. The number of pyridine rings is 1. The van der Waals surface area contributed by atoms with Gasteiger partial charge in [0.15, 0.2) is 11.6 Å². The van der Waals surface area contributed by atoms with Gasteiger partial charge >= 0.3 is 0 Å². The van der Waals surface area contributed by atoms with Gasteiger partial charge in [0.2, 0.25) is 0 Å². The van der Waals surface area contributed by atoms with Crippen molar-refractivity contribution in [3.8, 4) is 5.75 Å². The summed E-state index contributed by atoms with van der Waals surface area (Å²) in [5.74, 6) is 2.40. The molecule has 0 amide bonds. The molecular weight excluding hydrogens is 310 g/mol. The van der Waals surface area contributed by atoms with Crippen LogP contribution in [-0.4, -0.2) is 44.1 Å². The highest BCUT2D eigenvalue weighted by Gasteiger charge is 2.38. The van der Waals surface area contributed by atoms with Gasteiger partial charge in [-0.3, -0.25) is 4.99 Å². The second-order valence-electron chi connectivity index (χ2n) is 5.75. The van der Waals surface area contributed by atoms with Gasteiger partial charge in [-0.2, -0.15) is 0 Å². The highest BCUT2D eigenvalue weighted by Crippen LogP contribution is 2.45. The van der Waals surface area contributed by atoms with Gasteiger partial charge in [0.25, 0.3) is 0 Å². The minimum Gasteiger partial charge on any atom is -0.486 e. The smallest absolute Gasteiger partial charge is 0.175 e. The molecule has 1 aromatic heterocycles. The third-order valence-corrected chi connectivity index (χ3v) is 5.25. The van der Waals surface area contributed by atoms with E-state index in [0.717, 1.165) is 41.1 Å². The molecule has 2 aliphatic heterocycles. The molecule has 0 N–H and O–H groups in total. The topological polar surface area (TPSA) is 47.0 Å². The van der Waals surface area contributed by atoms with E-state index in [1.807, 2.05) is 38.4 Å². The zero-order chi connectivity index (χ0) is 16.2. The van der Waals surface area contributed by atoms with Gasteiger partial charge in [0, 0.05) is 32.0 Å². The van der Waals surface area contributed by atoms with Gasteiger partial charge in [-0.1, -0.05) is 17.8 Å². The molecular formula is C17H23N3O2S. The Morgan fingerprint density at radius 2 is 2.43 bits per heavy atom. The Hall–Kier alpha value is -1.53. The van der Waals surface area contributed by atoms with Crippen molar-refractivity contribution in [3.63, 3.8) is 0 Å². The van der Waals surface area contributed by atoms with Crippen LogP contribution in [-0.2, 0) is 4.74 Å². The molecule has 2 aliphatic rings. The normalized spacial score (nSPS) is 23.8. The highest BCUT2D eigenvalue weighted by molar-refractivity contribution is 8.03. The molecule has 1 aromatic rings. The lowest BCUT2D eigenvalue weighted by atomic mass is 10.1. The lowest BCUT2D eigenvalue weighted by Gasteiger charge is -2.33. The molecule has 0 radical (unpaired) electrons. The first kappa shape index (κ1) is 16.3. The number of fused-ring (bicyclic) bond motifs is 3. The third-order valence-electron chi connectivity index (χ3n) is 4.16. The first-order chi connectivity index (χ1) is 11.3. The number of hydrogen-bond donors (Lipinski definition) is 0. The summed E-state index contributed by atoms with van der Waals surface area (Å²) in [6.07, 6.45) is 6.78. The molecule has 0 saturated carbocycles. The molecule has 2 atom stereocenters. The van der Waals surface area contributed by atoms with Crippen molar-refractivity contribution < 1.29 is 9.47 Å². The fourth-order valence-electron chi connectivity index (χ4n) is 3.21. The fraction of sp³-hybridized carbons (Fsp3) is 0.529. The van der Waals surface area contributed by atoms with Crippen molar-refractivity contribution in [1.82, 2.24) is 4.98 Å². The van der Waals surface area contributed by atoms with Gasteiger partial charge in [0.1, 0.15) is 6.61 Å². The van der Waals surface area contributed by atoms with E-state index in [0.29, 0.717) is 18.6 Å². The van der Waals surface area contributed by atoms with E-state index in [1.165, 1.54) is 0 Å². The van der Waals surface area contributed by atoms with E-state index in [1.54, 1.807) is 18.9 Å². The molecule has 3 heterocycles. The lowest BCUT2D eigenvalue weighted by Crippen LogP contribution is -2.39. The van der Waals surface area contributed by atoms with E-state index in [4.69, 9.17) is 9.47 Å². The van der Waals surface area contributed by atoms with Crippen LogP contribution in [0.15, 0.2) is 33.3 Å². The zero-order valence-corrected chi connectivity index (χ0v) is 14.7. The first-order valence-corrected chi connectivity index (χ1v) is 8.78. The summed E-state index contributed by atoms with van der Waals surface area (Å²) in [4.78, 5) is 12.4. The Morgan fingerprint density at radius 3 is 3.17 bits per heavy atom. The average Bonchev–Trinajstić information content (AvgIpc) is 2.98. The predicted octanol–water partition coefficient (Wildman–Crippen LogP) is 3.36. The Labute approximate surface area is 141 Å². The van der Waals surface area contributed by atoms with Crippen molar-refractivity contribution in [2.75, 3.05) is 31.8 Å². The summed E-state index contributed by atoms with van der Waals surface area (Å²) in [6.45, 7) is 6.42. The Balaban J connectivity index is 1.85. The van der Waals surface area contributed by atoms with Gasteiger partial charge in [-0.25, -0.2) is 4.98 Å². The Kier molecular flexibility index (Phi) is 5.23. The monoisotopic (exact) mass is 333 g/mol. The second-order valence-corrected chi connectivity index (χ2v) is 6.81. The van der Waals surface area contributed by atoms with Crippen LogP contribution in [0.1, 0.15) is 20.3 Å². The minimum absolute atomic E-state index is 0.408. The molecule has 1 saturated heterocycles. The van der Waals surface area contributed by atoms with E-state index in [-0.39, 0.29) is 0 Å². The van der Waals surface area contributed by atoms with Crippen molar-refractivity contribution in [2.24, 2.45) is 10.9 Å². The number of hydrogen-bond acceptors (Lipinski definition) is 6. The van der Waals surface area contributed by atoms with Crippen LogP contribution in [0, 0.1) is 5.92 Å². The van der Waals surface area contributed by atoms with Crippen LogP contribution in [0.3, 0.4) is 0 Å². The maximum absolute atomic E-state index is 6.07. The molecule has 3 rings (SSSR count). The summed E-state index contributed by atoms with van der Waals surface area (Å²) in [7, 11) is 1.77. The van der Waals surface area contributed by atoms with E-state index in [2.05, 4.69) is 14.9 Å².